The van der Waals surface area contributed by atoms with Crippen LogP contribution in [0, 0.1) is 22.6 Å². The van der Waals surface area contributed by atoms with Crippen molar-refractivity contribution in [2.75, 3.05) is 11.9 Å². The number of nitrogens with zero attached hydrogens (tertiary/aromatic N) is 2. The van der Waals surface area contributed by atoms with E-state index >= 15 is 0 Å². The van der Waals surface area contributed by atoms with Crippen LogP contribution in [0.5, 0.6) is 0 Å². The van der Waals surface area contributed by atoms with E-state index in [1.165, 1.54) is 17.0 Å². The Morgan fingerprint density at radius 2 is 2.05 bits per heavy atom. The molecular formula is C15H17FN2O. The first kappa shape index (κ1) is 13.5. The van der Waals surface area contributed by atoms with Crippen molar-refractivity contribution in [2.45, 2.75) is 32.1 Å². The van der Waals surface area contributed by atoms with E-state index < -0.39 is 5.41 Å². The molecule has 0 aliphatic heterocycles. The van der Waals surface area contributed by atoms with Crippen LogP contribution >= 0.6 is 0 Å². The SMILES string of the molecule is CN(C(=O)C1(C#N)CCCCC1)c1cccc(F)c1. The second-order valence-corrected chi connectivity index (χ2v) is 5.10. The van der Waals surface area contributed by atoms with E-state index in [9.17, 15) is 14.4 Å². The van der Waals surface area contributed by atoms with Gasteiger partial charge < -0.3 is 4.90 Å². The minimum Gasteiger partial charge on any atom is -0.314 e. The number of hydrogen-bond donors (Lipinski definition) is 0. The van der Waals surface area contributed by atoms with Gasteiger partial charge in [0.2, 0.25) is 5.91 Å². The maximum atomic E-state index is 13.2. The van der Waals surface area contributed by atoms with E-state index in [0.29, 0.717) is 18.5 Å². The predicted octanol–water partition coefficient (Wildman–Crippen LogP) is 3.26. The molecule has 0 unspecified atom stereocenters. The van der Waals surface area contributed by atoms with Gasteiger partial charge in [-0.25, -0.2) is 4.39 Å². The highest BCUT2D eigenvalue weighted by Crippen LogP contribution is 2.38. The lowest BCUT2D eigenvalue weighted by Crippen LogP contribution is -2.42. The number of benzene rings is 1. The second kappa shape index (κ2) is 5.40. The summed E-state index contributed by atoms with van der Waals surface area (Å²) in [5.74, 6) is -0.605. The number of rotatable bonds is 2. The number of hydrogen-bond acceptors (Lipinski definition) is 2. The van der Waals surface area contributed by atoms with Crippen molar-refractivity contribution >= 4 is 11.6 Å². The van der Waals surface area contributed by atoms with Crippen molar-refractivity contribution < 1.29 is 9.18 Å². The fraction of sp³-hybridized carbons (Fsp3) is 0.467. The Hall–Kier alpha value is -1.89. The summed E-state index contributed by atoms with van der Waals surface area (Å²) in [5.41, 5.74) is -0.440. The molecule has 2 rings (SSSR count). The minimum absolute atomic E-state index is 0.222. The van der Waals surface area contributed by atoms with Crippen LogP contribution in [0.15, 0.2) is 24.3 Å². The zero-order valence-electron chi connectivity index (χ0n) is 11.0. The quantitative estimate of drug-likeness (QED) is 0.819. The number of nitriles is 1. The van der Waals surface area contributed by atoms with Crippen LogP contribution in [0.25, 0.3) is 0 Å². The van der Waals surface area contributed by atoms with E-state index in [1.807, 2.05) is 0 Å². The van der Waals surface area contributed by atoms with Gasteiger partial charge in [0, 0.05) is 12.7 Å². The highest BCUT2D eigenvalue weighted by Gasteiger charge is 2.41. The largest absolute Gasteiger partial charge is 0.314 e. The average molecular weight is 260 g/mol. The van der Waals surface area contributed by atoms with Gasteiger partial charge in [-0.15, -0.1) is 0 Å². The molecule has 100 valence electrons. The molecule has 1 saturated carbocycles. The summed E-state index contributed by atoms with van der Waals surface area (Å²) < 4.78 is 13.2. The average Bonchev–Trinajstić information content (AvgIpc) is 2.46. The van der Waals surface area contributed by atoms with Gasteiger partial charge in [-0.2, -0.15) is 5.26 Å². The third-order valence-corrected chi connectivity index (χ3v) is 3.83. The van der Waals surface area contributed by atoms with Crippen molar-refractivity contribution in [1.29, 1.82) is 5.26 Å². The molecule has 0 N–H and O–H groups in total. The van der Waals surface area contributed by atoms with Crippen molar-refractivity contribution in [2.24, 2.45) is 5.41 Å². The summed E-state index contributed by atoms with van der Waals surface area (Å²) in [4.78, 5) is 13.9. The Balaban J connectivity index is 2.25. The van der Waals surface area contributed by atoms with E-state index in [0.717, 1.165) is 19.3 Å². The molecule has 1 amide bonds. The lowest BCUT2D eigenvalue weighted by molar-refractivity contribution is -0.126. The van der Waals surface area contributed by atoms with E-state index in [4.69, 9.17) is 0 Å². The van der Waals surface area contributed by atoms with Crippen molar-refractivity contribution in [1.82, 2.24) is 0 Å². The fourth-order valence-corrected chi connectivity index (χ4v) is 2.65. The van der Waals surface area contributed by atoms with E-state index in [-0.39, 0.29) is 11.7 Å². The fourth-order valence-electron chi connectivity index (χ4n) is 2.65. The molecule has 0 heterocycles. The van der Waals surface area contributed by atoms with Gasteiger partial charge in [0.1, 0.15) is 11.2 Å². The third kappa shape index (κ3) is 2.60. The van der Waals surface area contributed by atoms with Crippen LogP contribution in [0.4, 0.5) is 10.1 Å². The summed E-state index contributed by atoms with van der Waals surface area (Å²) in [6.07, 6.45) is 4.07. The standard InChI is InChI=1S/C15H17FN2O/c1-18(13-7-5-6-12(16)10-13)14(19)15(11-17)8-3-2-4-9-15/h5-7,10H,2-4,8-9H2,1H3. The summed E-state index contributed by atoms with van der Waals surface area (Å²) in [5, 5.41) is 9.39. The summed E-state index contributed by atoms with van der Waals surface area (Å²) >= 11 is 0. The molecule has 0 aromatic heterocycles. The van der Waals surface area contributed by atoms with Gasteiger partial charge in [0.05, 0.1) is 6.07 Å². The Bertz CT molecular complexity index is 515. The molecule has 19 heavy (non-hydrogen) atoms. The maximum absolute atomic E-state index is 13.2. The minimum atomic E-state index is -0.931. The first-order valence-electron chi connectivity index (χ1n) is 6.54. The van der Waals surface area contributed by atoms with Crippen LogP contribution in [0.1, 0.15) is 32.1 Å². The molecule has 1 aromatic rings. The molecule has 3 nitrogen and oxygen atoms in total. The zero-order valence-corrected chi connectivity index (χ0v) is 11.0. The van der Waals surface area contributed by atoms with Crippen molar-refractivity contribution in [3.63, 3.8) is 0 Å². The Labute approximate surface area is 112 Å². The molecule has 0 bridgehead atoms. The highest BCUT2D eigenvalue weighted by atomic mass is 19.1. The summed E-state index contributed by atoms with van der Waals surface area (Å²) in [6, 6.07) is 8.08. The normalized spacial score (nSPS) is 17.5. The summed E-state index contributed by atoms with van der Waals surface area (Å²) in [7, 11) is 1.60. The van der Waals surface area contributed by atoms with Crippen molar-refractivity contribution in [3.8, 4) is 6.07 Å². The third-order valence-electron chi connectivity index (χ3n) is 3.83. The number of anilines is 1. The van der Waals surface area contributed by atoms with Gasteiger partial charge in [-0.05, 0) is 31.0 Å². The molecule has 1 aromatic carbocycles. The van der Waals surface area contributed by atoms with Crippen LogP contribution in [0.3, 0.4) is 0 Å². The molecule has 0 radical (unpaired) electrons. The molecule has 1 aliphatic rings. The van der Waals surface area contributed by atoms with Crippen molar-refractivity contribution in [3.05, 3.63) is 30.1 Å². The molecular weight excluding hydrogens is 243 g/mol. The Morgan fingerprint density at radius 1 is 1.37 bits per heavy atom. The van der Waals surface area contributed by atoms with E-state index in [2.05, 4.69) is 6.07 Å². The maximum Gasteiger partial charge on any atom is 0.247 e. The number of carbonyl (C=O) groups is 1. The van der Waals surface area contributed by atoms with Gasteiger partial charge >= 0.3 is 0 Å². The zero-order chi connectivity index (χ0) is 13.9. The Morgan fingerprint density at radius 3 is 2.63 bits per heavy atom. The lowest BCUT2D eigenvalue weighted by atomic mass is 9.74. The predicted molar refractivity (Wildman–Crippen MR) is 70.9 cm³/mol. The molecule has 0 spiro atoms. The topological polar surface area (TPSA) is 44.1 Å². The Kier molecular flexibility index (Phi) is 3.84. The lowest BCUT2D eigenvalue weighted by Gasteiger charge is -2.33. The smallest absolute Gasteiger partial charge is 0.247 e. The molecule has 4 heteroatoms. The molecule has 1 aliphatic carbocycles. The monoisotopic (exact) mass is 260 g/mol. The molecule has 0 atom stereocenters. The van der Waals surface area contributed by atoms with Crippen LogP contribution < -0.4 is 4.90 Å². The molecule has 0 saturated heterocycles. The van der Waals surface area contributed by atoms with E-state index in [1.54, 1.807) is 19.2 Å². The highest BCUT2D eigenvalue weighted by molar-refractivity contribution is 5.99. The number of amides is 1. The first-order valence-corrected chi connectivity index (χ1v) is 6.54. The summed E-state index contributed by atoms with van der Waals surface area (Å²) in [6.45, 7) is 0. The molecule has 1 fully saturated rings. The van der Waals surface area contributed by atoms with Crippen LogP contribution in [-0.4, -0.2) is 13.0 Å². The first-order chi connectivity index (χ1) is 9.09. The van der Waals surface area contributed by atoms with Crippen LogP contribution in [-0.2, 0) is 4.79 Å². The number of carbonyl (C=O) groups excluding carboxylic acids is 1. The van der Waals surface area contributed by atoms with Gasteiger partial charge in [0.25, 0.3) is 0 Å². The second-order valence-electron chi connectivity index (χ2n) is 5.10. The number of halogens is 1. The van der Waals surface area contributed by atoms with Gasteiger partial charge in [-0.3, -0.25) is 4.79 Å². The van der Waals surface area contributed by atoms with Gasteiger partial charge in [0.15, 0.2) is 0 Å². The van der Waals surface area contributed by atoms with Gasteiger partial charge in [-0.1, -0.05) is 25.3 Å². The van der Waals surface area contributed by atoms with Crippen LogP contribution in [0.2, 0.25) is 0 Å².